The van der Waals surface area contributed by atoms with Crippen LogP contribution in [0.3, 0.4) is 0 Å². The Kier molecular flexibility index (Phi) is 7.15. The van der Waals surface area contributed by atoms with Crippen LogP contribution in [0.25, 0.3) is 0 Å². The van der Waals surface area contributed by atoms with Crippen molar-refractivity contribution >= 4 is 11.8 Å². The summed E-state index contributed by atoms with van der Waals surface area (Å²) < 4.78 is 0. The monoisotopic (exact) mass is 357 g/mol. The molecule has 26 heavy (non-hydrogen) atoms. The number of anilines is 1. The zero-order valence-corrected chi connectivity index (χ0v) is 16.5. The highest BCUT2D eigenvalue weighted by molar-refractivity contribution is 5.80. The van der Waals surface area contributed by atoms with Gasteiger partial charge in [0.05, 0.1) is 6.54 Å². The average Bonchev–Trinajstić information content (AvgIpc) is 2.68. The standard InChI is InChI=1S/C21H35N5/c1-3-22-21(25-19-7-5-4-6-8-19)24-16-18-9-10-20(23-15-18)26-13-11-17(2)12-14-26/h9-10,15,17,19H,3-8,11-14,16H2,1-2H3,(H2,22,24,25). The molecule has 1 saturated heterocycles. The number of hydrogen-bond donors (Lipinski definition) is 2. The fourth-order valence-electron chi connectivity index (χ4n) is 3.87. The van der Waals surface area contributed by atoms with Gasteiger partial charge in [0.25, 0.3) is 0 Å². The third-order valence-corrected chi connectivity index (χ3v) is 5.63. The molecule has 1 saturated carbocycles. The second-order valence-electron chi connectivity index (χ2n) is 7.87. The summed E-state index contributed by atoms with van der Waals surface area (Å²) in [6.45, 7) is 8.28. The maximum absolute atomic E-state index is 4.77. The van der Waals surface area contributed by atoms with E-state index >= 15 is 0 Å². The first-order valence-corrected chi connectivity index (χ1v) is 10.5. The van der Waals surface area contributed by atoms with Gasteiger partial charge in [-0.1, -0.05) is 32.3 Å². The van der Waals surface area contributed by atoms with Crippen molar-refractivity contribution in [1.29, 1.82) is 0 Å². The van der Waals surface area contributed by atoms with E-state index in [9.17, 15) is 0 Å². The minimum Gasteiger partial charge on any atom is -0.357 e. The summed E-state index contributed by atoms with van der Waals surface area (Å²) in [4.78, 5) is 11.9. The molecule has 1 aliphatic heterocycles. The average molecular weight is 358 g/mol. The Hall–Kier alpha value is -1.78. The molecule has 0 spiro atoms. The van der Waals surface area contributed by atoms with Crippen molar-refractivity contribution in [1.82, 2.24) is 15.6 Å². The molecule has 2 N–H and O–H groups in total. The van der Waals surface area contributed by atoms with Crippen LogP contribution in [0.5, 0.6) is 0 Å². The highest BCUT2D eigenvalue weighted by atomic mass is 15.2. The van der Waals surface area contributed by atoms with Gasteiger partial charge >= 0.3 is 0 Å². The third kappa shape index (κ3) is 5.61. The van der Waals surface area contributed by atoms with Gasteiger partial charge in [0, 0.05) is 31.9 Å². The van der Waals surface area contributed by atoms with E-state index in [1.165, 1.54) is 50.5 Å². The predicted molar refractivity (Wildman–Crippen MR) is 110 cm³/mol. The molecule has 2 aliphatic rings. The van der Waals surface area contributed by atoms with Gasteiger partial charge in [0.1, 0.15) is 5.82 Å². The van der Waals surface area contributed by atoms with Gasteiger partial charge in [-0.2, -0.15) is 0 Å². The van der Waals surface area contributed by atoms with Crippen LogP contribution in [0, 0.1) is 5.92 Å². The van der Waals surface area contributed by atoms with Gasteiger partial charge in [-0.3, -0.25) is 0 Å². The molecule has 0 amide bonds. The Morgan fingerprint density at radius 1 is 1.15 bits per heavy atom. The smallest absolute Gasteiger partial charge is 0.191 e. The second kappa shape index (κ2) is 9.79. The molecule has 144 valence electrons. The molecule has 2 heterocycles. The first-order chi connectivity index (χ1) is 12.7. The second-order valence-corrected chi connectivity index (χ2v) is 7.87. The number of hydrogen-bond acceptors (Lipinski definition) is 3. The van der Waals surface area contributed by atoms with Crippen molar-refractivity contribution in [2.24, 2.45) is 10.9 Å². The van der Waals surface area contributed by atoms with Crippen LogP contribution in [0.2, 0.25) is 0 Å². The molecule has 2 fully saturated rings. The Morgan fingerprint density at radius 3 is 2.58 bits per heavy atom. The lowest BCUT2D eigenvalue weighted by Crippen LogP contribution is -2.44. The molecule has 3 rings (SSSR count). The Morgan fingerprint density at radius 2 is 1.92 bits per heavy atom. The van der Waals surface area contributed by atoms with Crippen molar-refractivity contribution in [2.75, 3.05) is 24.5 Å². The van der Waals surface area contributed by atoms with Gasteiger partial charge in [-0.25, -0.2) is 9.98 Å². The van der Waals surface area contributed by atoms with Crippen molar-refractivity contribution in [2.45, 2.75) is 71.4 Å². The van der Waals surface area contributed by atoms with Crippen LogP contribution in [-0.4, -0.2) is 36.6 Å². The highest BCUT2D eigenvalue weighted by Gasteiger charge is 2.17. The van der Waals surface area contributed by atoms with E-state index in [-0.39, 0.29) is 0 Å². The molecule has 0 atom stereocenters. The van der Waals surface area contributed by atoms with E-state index < -0.39 is 0 Å². The Balaban J connectivity index is 1.55. The summed E-state index contributed by atoms with van der Waals surface area (Å²) in [7, 11) is 0. The van der Waals surface area contributed by atoms with Gasteiger partial charge in [-0.05, 0) is 50.2 Å². The highest BCUT2D eigenvalue weighted by Crippen LogP contribution is 2.21. The number of guanidine groups is 1. The van der Waals surface area contributed by atoms with Gasteiger partial charge in [-0.15, -0.1) is 0 Å². The van der Waals surface area contributed by atoms with Crippen molar-refractivity contribution < 1.29 is 0 Å². The molecular weight excluding hydrogens is 322 g/mol. The van der Waals surface area contributed by atoms with Crippen molar-refractivity contribution in [3.05, 3.63) is 23.9 Å². The number of aromatic nitrogens is 1. The van der Waals surface area contributed by atoms with E-state index in [0.717, 1.165) is 37.3 Å². The number of aliphatic imine (C=N–C) groups is 1. The van der Waals surface area contributed by atoms with E-state index in [1.807, 2.05) is 6.20 Å². The third-order valence-electron chi connectivity index (χ3n) is 5.63. The maximum Gasteiger partial charge on any atom is 0.191 e. The Labute approximate surface area is 158 Å². The summed E-state index contributed by atoms with van der Waals surface area (Å²) in [5.74, 6) is 2.89. The molecular formula is C21H35N5. The van der Waals surface area contributed by atoms with Crippen LogP contribution in [0.1, 0.15) is 64.4 Å². The normalized spacial score (nSPS) is 20.2. The zero-order chi connectivity index (χ0) is 18.2. The van der Waals surface area contributed by atoms with E-state index in [0.29, 0.717) is 12.6 Å². The number of rotatable bonds is 5. The zero-order valence-electron chi connectivity index (χ0n) is 16.5. The van der Waals surface area contributed by atoms with Crippen molar-refractivity contribution in [3.63, 3.8) is 0 Å². The summed E-state index contributed by atoms with van der Waals surface area (Å²) >= 11 is 0. The number of pyridine rings is 1. The van der Waals surface area contributed by atoms with Gasteiger partial charge in [0.2, 0.25) is 0 Å². The summed E-state index contributed by atoms with van der Waals surface area (Å²) in [5.41, 5.74) is 1.17. The van der Waals surface area contributed by atoms with Crippen LogP contribution < -0.4 is 15.5 Å². The fourth-order valence-corrected chi connectivity index (χ4v) is 3.87. The van der Waals surface area contributed by atoms with E-state index in [1.54, 1.807) is 0 Å². The van der Waals surface area contributed by atoms with Crippen LogP contribution in [-0.2, 0) is 6.54 Å². The lowest BCUT2D eigenvalue weighted by molar-refractivity contribution is 0.410. The van der Waals surface area contributed by atoms with Crippen LogP contribution in [0.4, 0.5) is 5.82 Å². The van der Waals surface area contributed by atoms with Crippen LogP contribution in [0.15, 0.2) is 23.3 Å². The van der Waals surface area contributed by atoms with E-state index in [2.05, 4.69) is 46.5 Å². The first-order valence-electron chi connectivity index (χ1n) is 10.5. The lowest BCUT2D eigenvalue weighted by Gasteiger charge is -2.31. The fraction of sp³-hybridized carbons (Fsp3) is 0.714. The molecule has 5 heteroatoms. The lowest BCUT2D eigenvalue weighted by atomic mass is 9.96. The molecule has 0 radical (unpaired) electrons. The maximum atomic E-state index is 4.77. The number of nitrogens with one attached hydrogen (secondary N) is 2. The summed E-state index contributed by atoms with van der Waals surface area (Å²) in [6, 6.07) is 4.90. The molecule has 1 aromatic rings. The van der Waals surface area contributed by atoms with Crippen LogP contribution >= 0.6 is 0 Å². The Bertz CT molecular complexity index is 554. The minimum atomic E-state index is 0.573. The van der Waals surface area contributed by atoms with Crippen molar-refractivity contribution in [3.8, 4) is 0 Å². The molecule has 0 aromatic carbocycles. The number of nitrogens with zero attached hydrogens (tertiary/aromatic N) is 3. The summed E-state index contributed by atoms with van der Waals surface area (Å²) in [6.07, 6.45) is 11.1. The largest absolute Gasteiger partial charge is 0.357 e. The number of piperidine rings is 1. The predicted octanol–water partition coefficient (Wildman–Crippen LogP) is 3.71. The topological polar surface area (TPSA) is 52.6 Å². The SMILES string of the molecule is CCNC(=NCc1ccc(N2CCC(C)CC2)nc1)NC1CCCCC1. The summed E-state index contributed by atoms with van der Waals surface area (Å²) in [5, 5.41) is 6.98. The van der Waals surface area contributed by atoms with E-state index in [4.69, 9.17) is 4.99 Å². The molecule has 1 aliphatic carbocycles. The van der Waals surface area contributed by atoms with Gasteiger partial charge < -0.3 is 15.5 Å². The molecule has 0 unspecified atom stereocenters. The quantitative estimate of drug-likeness (QED) is 0.623. The molecule has 0 bridgehead atoms. The molecule has 1 aromatic heterocycles. The first kappa shape index (κ1) is 19.0. The van der Waals surface area contributed by atoms with Gasteiger partial charge in [0.15, 0.2) is 5.96 Å². The minimum absolute atomic E-state index is 0.573. The molecule has 5 nitrogen and oxygen atoms in total.